The number of aryl methyl sites for hydroxylation is 1. The predicted octanol–water partition coefficient (Wildman–Crippen LogP) is 5.35. The molecule has 4 aromatic rings. The lowest BCUT2D eigenvalue weighted by Gasteiger charge is -2.20. The van der Waals surface area contributed by atoms with Crippen molar-refractivity contribution in [3.05, 3.63) is 66.7 Å². The predicted molar refractivity (Wildman–Crippen MR) is 157 cm³/mol. The molecule has 0 spiro atoms. The Bertz CT molecular complexity index is 1410. The molecule has 0 unspecified atom stereocenters. The molecule has 1 amide bonds. The summed E-state index contributed by atoms with van der Waals surface area (Å²) in [5.74, 6) is 0. The number of rotatable bonds is 9. The van der Waals surface area contributed by atoms with Crippen molar-refractivity contribution >= 4 is 39.1 Å². The molecule has 7 nitrogen and oxygen atoms in total. The van der Waals surface area contributed by atoms with Gasteiger partial charge in [0.05, 0.1) is 10.8 Å². The summed E-state index contributed by atoms with van der Waals surface area (Å²) >= 11 is 0. The SMILES string of the molecule is CN(CCCNC(=O)OC(C)(C)C)CCC[n+]1c(-c2ccccc2)c2cc(N)ccc2c2ccc(N)cc21. The minimum atomic E-state index is -0.486. The van der Waals surface area contributed by atoms with Crippen LogP contribution in [0.15, 0.2) is 66.7 Å². The molecule has 0 bridgehead atoms. The number of aromatic nitrogens is 1. The van der Waals surface area contributed by atoms with E-state index in [2.05, 4.69) is 70.4 Å². The third-order valence-electron chi connectivity index (χ3n) is 6.53. The van der Waals surface area contributed by atoms with E-state index in [-0.39, 0.29) is 6.09 Å². The Labute approximate surface area is 225 Å². The first-order valence-corrected chi connectivity index (χ1v) is 13.3. The topological polar surface area (TPSA) is 97.5 Å². The van der Waals surface area contributed by atoms with Gasteiger partial charge in [-0.1, -0.05) is 24.3 Å². The Morgan fingerprint density at radius 2 is 1.55 bits per heavy atom. The number of alkyl carbamates (subject to hydrolysis) is 1. The van der Waals surface area contributed by atoms with Gasteiger partial charge in [-0.05, 0) is 77.2 Å². The Morgan fingerprint density at radius 1 is 0.895 bits per heavy atom. The molecule has 0 aliphatic heterocycles. The Kier molecular flexibility index (Phi) is 8.37. The molecule has 3 aromatic carbocycles. The van der Waals surface area contributed by atoms with Gasteiger partial charge < -0.3 is 26.4 Å². The van der Waals surface area contributed by atoms with Gasteiger partial charge >= 0.3 is 6.09 Å². The number of anilines is 2. The zero-order chi connectivity index (χ0) is 27.3. The summed E-state index contributed by atoms with van der Waals surface area (Å²) in [7, 11) is 2.12. The lowest BCUT2D eigenvalue weighted by Crippen LogP contribution is -2.39. The Morgan fingerprint density at radius 3 is 2.26 bits per heavy atom. The Balaban J connectivity index is 1.53. The zero-order valence-corrected chi connectivity index (χ0v) is 23.0. The van der Waals surface area contributed by atoms with Crippen LogP contribution in [-0.2, 0) is 11.3 Å². The smallest absolute Gasteiger partial charge is 0.407 e. The van der Waals surface area contributed by atoms with Gasteiger partial charge in [0.25, 0.3) is 0 Å². The summed E-state index contributed by atoms with van der Waals surface area (Å²) in [5, 5.41) is 6.30. The molecule has 4 rings (SSSR count). The molecular weight excluding hydrogens is 474 g/mol. The molecule has 0 aliphatic carbocycles. The van der Waals surface area contributed by atoms with Crippen molar-refractivity contribution in [1.82, 2.24) is 10.2 Å². The molecule has 1 heterocycles. The zero-order valence-electron chi connectivity index (χ0n) is 23.0. The van der Waals surface area contributed by atoms with Gasteiger partial charge in [-0.3, -0.25) is 0 Å². The molecule has 0 atom stereocenters. The lowest BCUT2D eigenvalue weighted by atomic mass is 9.98. The average molecular weight is 515 g/mol. The highest BCUT2D eigenvalue weighted by Gasteiger charge is 2.23. The van der Waals surface area contributed by atoms with E-state index in [9.17, 15) is 4.79 Å². The van der Waals surface area contributed by atoms with E-state index in [4.69, 9.17) is 16.2 Å². The van der Waals surface area contributed by atoms with Crippen LogP contribution in [-0.4, -0.2) is 43.3 Å². The van der Waals surface area contributed by atoms with E-state index in [0.29, 0.717) is 6.54 Å². The number of ether oxygens (including phenoxy) is 1. The number of hydrogen-bond donors (Lipinski definition) is 3. The minimum absolute atomic E-state index is 0.368. The summed E-state index contributed by atoms with van der Waals surface area (Å²) in [5.41, 5.74) is 17.0. The molecular formula is C31H40N5O2+. The number of nitrogen functional groups attached to an aromatic ring is 2. The van der Waals surface area contributed by atoms with E-state index in [1.54, 1.807) is 0 Å². The first kappa shape index (κ1) is 27.2. The van der Waals surface area contributed by atoms with Crippen molar-refractivity contribution in [3.63, 3.8) is 0 Å². The number of nitrogens with two attached hydrogens (primary N) is 2. The molecule has 200 valence electrons. The monoisotopic (exact) mass is 514 g/mol. The summed E-state index contributed by atoms with van der Waals surface area (Å²) < 4.78 is 7.69. The van der Waals surface area contributed by atoms with Gasteiger partial charge in [0, 0.05) is 47.9 Å². The van der Waals surface area contributed by atoms with E-state index < -0.39 is 5.60 Å². The largest absolute Gasteiger partial charge is 0.444 e. The van der Waals surface area contributed by atoms with Crippen LogP contribution in [0.1, 0.15) is 33.6 Å². The standard InChI is InChI=1S/C31H39N5O2/c1-31(2,3)38-30(37)34-16-8-17-35(4)18-9-19-36-28-21-24(33)13-15-26(28)25-14-12-23(32)20-27(25)29(36)22-10-6-5-7-11-22/h5-7,10-15,20-21,33H,8-9,16-19,32H2,1-4H3,(H,34,37)/p+1. The summed E-state index contributed by atoms with van der Waals surface area (Å²) in [6, 6.07) is 22.8. The number of nitrogens with one attached hydrogen (secondary N) is 1. The molecule has 1 aromatic heterocycles. The maximum Gasteiger partial charge on any atom is 0.407 e. The molecule has 0 saturated carbocycles. The number of fused-ring (bicyclic) bond motifs is 3. The first-order chi connectivity index (χ1) is 18.1. The van der Waals surface area contributed by atoms with Crippen LogP contribution in [0, 0.1) is 0 Å². The van der Waals surface area contributed by atoms with Gasteiger partial charge in [0.1, 0.15) is 5.60 Å². The highest BCUT2D eigenvalue weighted by Crippen LogP contribution is 2.33. The minimum Gasteiger partial charge on any atom is -0.444 e. The number of benzene rings is 3. The fourth-order valence-electron chi connectivity index (χ4n) is 4.86. The maximum atomic E-state index is 11.9. The number of amides is 1. The number of carbonyl (C=O) groups is 1. The van der Waals surface area contributed by atoms with Crippen molar-refractivity contribution in [1.29, 1.82) is 0 Å². The third-order valence-corrected chi connectivity index (χ3v) is 6.53. The third kappa shape index (κ3) is 6.72. The van der Waals surface area contributed by atoms with Crippen molar-refractivity contribution in [2.24, 2.45) is 0 Å². The summed E-state index contributed by atoms with van der Waals surface area (Å²) in [4.78, 5) is 14.2. The summed E-state index contributed by atoms with van der Waals surface area (Å²) in [6.07, 6.45) is 1.44. The normalized spacial score (nSPS) is 11.8. The highest BCUT2D eigenvalue weighted by atomic mass is 16.6. The van der Waals surface area contributed by atoms with Crippen molar-refractivity contribution < 1.29 is 14.1 Å². The summed E-state index contributed by atoms with van der Waals surface area (Å²) in [6.45, 7) is 8.81. The van der Waals surface area contributed by atoms with Gasteiger partial charge in [-0.25, -0.2) is 4.79 Å². The Hall–Kier alpha value is -3.84. The molecule has 0 fully saturated rings. The van der Waals surface area contributed by atoms with Gasteiger partial charge in [-0.2, -0.15) is 4.57 Å². The van der Waals surface area contributed by atoms with Crippen LogP contribution in [0.3, 0.4) is 0 Å². The van der Waals surface area contributed by atoms with Crippen LogP contribution < -0.4 is 21.4 Å². The van der Waals surface area contributed by atoms with Crippen LogP contribution in [0.4, 0.5) is 16.2 Å². The van der Waals surface area contributed by atoms with Gasteiger partial charge in [-0.15, -0.1) is 0 Å². The van der Waals surface area contributed by atoms with E-state index in [1.807, 2.05) is 39.0 Å². The number of hydrogen-bond acceptors (Lipinski definition) is 5. The molecule has 38 heavy (non-hydrogen) atoms. The van der Waals surface area contributed by atoms with Crippen LogP contribution in [0.25, 0.3) is 32.9 Å². The highest BCUT2D eigenvalue weighted by molar-refractivity contribution is 6.10. The fourth-order valence-corrected chi connectivity index (χ4v) is 4.86. The quantitative estimate of drug-likeness (QED) is 0.121. The first-order valence-electron chi connectivity index (χ1n) is 13.3. The van der Waals surface area contributed by atoms with Crippen molar-refractivity contribution in [3.8, 4) is 11.3 Å². The van der Waals surface area contributed by atoms with Gasteiger partial charge in [0.15, 0.2) is 6.54 Å². The second-order valence-corrected chi connectivity index (χ2v) is 10.9. The number of nitrogens with zero attached hydrogens (tertiary/aromatic N) is 2. The lowest BCUT2D eigenvalue weighted by molar-refractivity contribution is -0.659. The molecule has 0 saturated heterocycles. The van der Waals surface area contributed by atoms with E-state index in [0.717, 1.165) is 71.4 Å². The fraction of sp³-hybridized carbons (Fsp3) is 0.355. The second-order valence-electron chi connectivity index (χ2n) is 10.9. The van der Waals surface area contributed by atoms with Crippen LogP contribution >= 0.6 is 0 Å². The number of carbonyl (C=O) groups excluding carboxylic acids is 1. The van der Waals surface area contributed by atoms with Gasteiger partial charge in [0.2, 0.25) is 11.2 Å². The van der Waals surface area contributed by atoms with E-state index >= 15 is 0 Å². The van der Waals surface area contributed by atoms with Crippen LogP contribution in [0.5, 0.6) is 0 Å². The maximum absolute atomic E-state index is 11.9. The van der Waals surface area contributed by atoms with Crippen molar-refractivity contribution in [2.75, 3.05) is 38.1 Å². The number of pyridine rings is 1. The van der Waals surface area contributed by atoms with E-state index in [1.165, 1.54) is 5.39 Å². The molecule has 5 N–H and O–H groups in total. The van der Waals surface area contributed by atoms with Crippen LogP contribution in [0.2, 0.25) is 0 Å². The molecule has 7 heteroatoms. The second kappa shape index (κ2) is 11.7. The van der Waals surface area contributed by atoms with Crippen molar-refractivity contribution in [2.45, 2.75) is 45.8 Å². The molecule has 0 radical (unpaired) electrons. The molecule has 0 aliphatic rings. The average Bonchev–Trinajstić information content (AvgIpc) is 2.86.